The Morgan fingerprint density at radius 2 is 1.46 bits per heavy atom. The minimum Gasteiger partial charge on any atom is -0.457 e. The summed E-state index contributed by atoms with van der Waals surface area (Å²) in [5.41, 5.74) is -0.852. The largest absolute Gasteiger partial charge is 0.457 e. The molecule has 0 N–H and O–H groups in total. The summed E-state index contributed by atoms with van der Waals surface area (Å²) in [6.45, 7) is 0. The highest BCUT2D eigenvalue weighted by atomic mass is 19.1. The number of rotatable bonds is 4. The molecule has 0 amide bonds. The molecule has 0 saturated heterocycles. The molecule has 4 rings (SSSR count). The quantitative estimate of drug-likeness (QED) is 0.513. The summed E-state index contributed by atoms with van der Waals surface area (Å²) in [7, 11) is 0. The Balaban J connectivity index is 1.87. The molecule has 1 unspecified atom stereocenters. The van der Waals surface area contributed by atoms with E-state index < -0.39 is 11.5 Å². The average molecular weight is 348 g/mol. The van der Waals surface area contributed by atoms with Crippen LogP contribution in [-0.2, 0) is 5.67 Å². The van der Waals surface area contributed by atoms with Crippen molar-refractivity contribution in [1.82, 2.24) is 9.97 Å². The first-order valence-electron chi connectivity index (χ1n) is 8.04. The molecular weight excluding hydrogens is 334 g/mol. The van der Waals surface area contributed by atoms with Gasteiger partial charge in [-0.1, -0.05) is 42.5 Å². The van der Waals surface area contributed by atoms with Crippen LogP contribution in [-0.4, -0.2) is 9.97 Å². The van der Waals surface area contributed by atoms with Gasteiger partial charge in [0.1, 0.15) is 17.9 Å². The molecule has 2 aromatic heterocycles. The normalized spacial score (nSPS) is 13.3. The van der Waals surface area contributed by atoms with Crippen molar-refractivity contribution in [2.75, 3.05) is 0 Å². The van der Waals surface area contributed by atoms with Gasteiger partial charge in [0, 0.05) is 29.1 Å². The Labute approximate surface area is 149 Å². The van der Waals surface area contributed by atoms with Gasteiger partial charge in [-0.05, 0) is 24.3 Å². The Morgan fingerprint density at radius 3 is 2.15 bits per heavy atom. The van der Waals surface area contributed by atoms with Crippen LogP contribution in [0, 0.1) is 5.82 Å². The van der Waals surface area contributed by atoms with Gasteiger partial charge in [-0.25, -0.2) is 18.7 Å². The monoisotopic (exact) mass is 348 g/mol. The molecule has 2 aromatic carbocycles. The van der Waals surface area contributed by atoms with Crippen LogP contribution in [0.25, 0.3) is 11.3 Å². The molecule has 0 radical (unpaired) electrons. The minimum absolute atomic E-state index is 0.0813. The minimum atomic E-state index is -2.14. The Bertz CT molecular complexity index is 1000. The molecule has 26 heavy (non-hydrogen) atoms. The second kappa shape index (κ2) is 6.52. The summed E-state index contributed by atoms with van der Waals surface area (Å²) < 4.78 is 35.5. The third-order valence-corrected chi connectivity index (χ3v) is 4.20. The fraction of sp³-hybridized carbons (Fsp3) is 0.0476. The lowest BCUT2D eigenvalue weighted by atomic mass is 9.87. The molecular formula is C21H14F2N2O. The highest BCUT2D eigenvalue weighted by Gasteiger charge is 2.40. The zero-order chi connectivity index (χ0) is 18.0. The highest BCUT2D eigenvalue weighted by Crippen LogP contribution is 2.42. The van der Waals surface area contributed by atoms with Crippen molar-refractivity contribution in [2.45, 2.75) is 5.67 Å². The smallest absolute Gasteiger partial charge is 0.221 e. The van der Waals surface area contributed by atoms with Crippen LogP contribution in [0.2, 0.25) is 0 Å². The van der Waals surface area contributed by atoms with Gasteiger partial charge in [0.05, 0.1) is 0 Å². The molecule has 128 valence electrons. The van der Waals surface area contributed by atoms with E-state index in [-0.39, 0.29) is 16.9 Å². The van der Waals surface area contributed by atoms with Crippen molar-refractivity contribution >= 4 is 0 Å². The number of halogens is 2. The Morgan fingerprint density at radius 1 is 0.769 bits per heavy atom. The van der Waals surface area contributed by atoms with Crippen LogP contribution in [0.5, 0.6) is 0 Å². The van der Waals surface area contributed by atoms with Crippen LogP contribution in [0.3, 0.4) is 0 Å². The molecule has 0 fully saturated rings. The third kappa shape index (κ3) is 2.77. The summed E-state index contributed by atoms with van der Waals surface area (Å²) in [6, 6.07) is 17.9. The first-order chi connectivity index (χ1) is 12.7. The van der Waals surface area contributed by atoms with Crippen molar-refractivity contribution < 1.29 is 13.2 Å². The van der Waals surface area contributed by atoms with Crippen LogP contribution in [0.4, 0.5) is 8.78 Å². The van der Waals surface area contributed by atoms with E-state index in [4.69, 9.17) is 4.42 Å². The van der Waals surface area contributed by atoms with E-state index in [1.54, 1.807) is 12.1 Å². The van der Waals surface area contributed by atoms with Gasteiger partial charge in [-0.3, -0.25) is 0 Å². The predicted octanol–water partition coefficient (Wildman–Crippen LogP) is 5.14. The molecule has 1 atom stereocenters. The van der Waals surface area contributed by atoms with E-state index in [9.17, 15) is 4.39 Å². The number of hydrogen-bond acceptors (Lipinski definition) is 3. The number of hydrogen-bond donors (Lipinski definition) is 0. The van der Waals surface area contributed by atoms with Crippen molar-refractivity contribution in [3.8, 4) is 11.3 Å². The zero-order valence-corrected chi connectivity index (χ0v) is 13.6. The molecule has 0 bridgehead atoms. The van der Waals surface area contributed by atoms with Gasteiger partial charge in [0.25, 0.3) is 0 Å². The topological polar surface area (TPSA) is 38.9 Å². The number of alkyl halides is 1. The zero-order valence-electron chi connectivity index (χ0n) is 13.6. The summed E-state index contributed by atoms with van der Waals surface area (Å²) in [5.74, 6) is 0.184. The highest BCUT2D eigenvalue weighted by molar-refractivity contribution is 5.58. The first kappa shape index (κ1) is 16.1. The Hall–Kier alpha value is -3.34. The fourth-order valence-corrected chi connectivity index (χ4v) is 2.89. The maximum atomic E-state index is 16.4. The maximum absolute atomic E-state index is 16.4. The summed E-state index contributed by atoms with van der Waals surface area (Å²) in [5, 5.41) is 0. The molecule has 0 aliphatic heterocycles. The van der Waals surface area contributed by atoms with E-state index >= 15 is 4.39 Å². The lowest BCUT2D eigenvalue weighted by Gasteiger charge is -2.23. The molecule has 0 aliphatic carbocycles. The number of benzene rings is 2. The lowest BCUT2D eigenvalue weighted by Crippen LogP contribution is -2.23. The maximum Gasteiger partial charge on any atom is 0.221 e. The summed E-state index contributed by atoms with van der Waals surface area (Å²) in [6.07, 6.45) is 4.11. The van der Waals surface area contributed by atoms with Crippen LogP contribution >= 0.6 is 0 Å². The summed E-state index contributed by atoms with van der Waals surface area (Å²) in [4.78, 5) is 7.83. The lowest BCUT2D eigenvalue weighted by molar-refractivity contribution is 0.232. The number of nitrogens with zero attached hydrogens (tertiary/aromatic N) is 2. The van der Waals surface area contributed by atoms with E-state index in [0.29, 0.717) is 5.76 Å². The van der Waals surface area contributed by atoms with Gasteiger partial charge >= 0.3 is 0 Å². The molecule has 0 saturated carbocycles. The van der Waals surface area contributed by atoms with E-state index in [2.05, 4.69) is 9.97 Å². The molecule has 0 spiro atoms. The van der Waals surface area contributed by atoms with E-state index in [0.717, 1.165) is 5.56 Å². The third-order valence-electron chi connectivity index (χ3n) is 4.20. The second-order valence-electron chi connectivity index (χ2n) is 5.82. The van der Waals surface area contributed by atoms with Crippen molar-refractivity contribution in [3.63, 3.8) is 0 Å². The first-order valence-corrected chi connectivity index (χ1v) is 8.04. The van der Waals surface area contributed by atoms with Crippen LogP contribution in [0.15, 0.2) is 89.9 Å². The van der Waals surface area contributed by atoms with Gasteiger partial charge in [0.15, 0.2) is 5.76 Å². The van der Waals surface area contributed by atoms with E-state index in [1.807, 2.05) is 30.3 Å². The van der Waals surface area contributed by atoms with Gasteiger partial charge in [0.2, 0.25) is 5.67 Å². The van der Waals surface area contributed by atoms with Crippen LogP contribution < -0.4 is 0 Å². The average Bonchev–Trinajstić information content (AvgIpc) is 3.20. The molecule has 2 heterocycles. The summed E-state index contributed by atoms with van der Waals surface area (Å²) >= 11 is 0. The molecule has 4 aromatic rings. The van der Waals surface area contributed by atoms with E-state index in [1.165, 1.54) is 43.0 Å². The SMILES string of the molecule is Fc1ccc(C(F)(c2cncnc2)c2ccc(-c3ccccc3)o2)cc1. The van der Waals surface area contributed by atoms with Crippen molar-refractivity contribution in [3.05, 3.63) is 108 Å². The van der Waals surface area contributed by atoms with Gasteiger partial charge in [-0.15, -0.1) is 0 Å². The van der Waals surface area contributed by atoms with Gasteiger partial charge < -0.3 is 4.42 Å². The molecule has 3 nitrogen and oxygen atoms in total. The van der Waals surface area contributed by atoms with Gasteiger partial charge in [-0.2, -0.15) is 0 Å². The molecule has 0 aliphatic rings. The fourth-order valence-electron chi connectivity index (χ4n) is 2.89. The molecule has 5 heteroatoms. The Kier molecular flexibility index (Phi) is 4.05. The second-order valence-corrected chi connectivity index (χ2v) is 5.82. The van der Waals surface area contributed by atoms with Crippen molar-refractivity contribution in [2.24, 2.45) is 0 Å². The standard InChI is InChI=1S/C21H14F2N2O/c22-18-8-6-16(7-9-18)21(23,17-12-24-14-25-13-17)20-11-10-19(26-20)15-4-2-1-3-5-15/h1-14H. The predicted molar refractivity (Wildman–Crippen MR) is 93.6 cm³/mol. The van der Waals surface area contributed by atoms with Crippen molar-refractivity contribution in [1.29, 1.82) is 0 Å². The number of aromatic nitrogens is 2. The van der Waals surface area contributed by atoms with Crippen LogP contribution in [0.1, 0.15) is 16.9 Å². The number of furan rings is 1.